The Kier molecular flexibility index (Phi) is 8.47. The van der Waals surface area contributed by atoms with Gasteiger partial charge >= 0.3 is 0 Å². The van der Waals surface area contributed by atoms with Crippen LogP contribution in [0.4, 0.5) is 11.4 Å². The number of hydrogen-bond donors (Lipinski definition) is 6. The average Bonchev–Trinajstić information content (AvgIpc) is 2.93. The maximum atomic E-state index is 14.2. The molecule has 1 aliphatic heterocycles. The van der Waals surface area contributed by atoms with Crippen molar-refractivity contribution in [1.29, 1.82) is 0 Å². The molecule has 6 rings (SSSR count). The highest BCUT2D eigenvalue weighted by atomic mass is 16.3. The highest BCUT2D eigenvalue weighted by molar-refractivity contribution is 6.24. The maximum Gasteiger partial charge on any atom is 0.255 e. The minimum absolute atomic E-state index is 0.00851. The molecule has 272 valence electrons. The Labute approximate surface area is 292 Å². The summed E-state index contributed by atoms with van der Waals surface area (Å²) in [5.74, 6) is -7.77. The maximum absolute atomic E-state index is 14.2. The number of rotatable bonds is 6. The first-order chi connectivity index (χ1) is 23.1. The van der Waals surface area contributed by atoms with Gasteiger partial charge in [-0.25, -0.2) is 0 Å². The molecule has 50 heavy (non-hydrogen) atoms. The molecule has 0 bridgehead atoms. The lowest BCUT2D eigenvalue weighted by molar-refractivity contribution is -0.153. The number of aliphatic hydroxyl groups is 3. The topological polar surface area (TPSA) is 197 Å². The van der Waals surface area contributed by atoms with Crippen molar-refractivity contribution >= 4 is 40.5 Å². The Hall–Kier alpha value is -3.94. The van der Waals surface area contributed by atoms with Crippen molar-refractivity contribution in [1.82, 2.24) is 9.80 Å². The number of nitrogens with zero attached hydrogens (tertiary/aromatic N) is 3. The Morgan fingerprint density at radius 1 is 1.00 bits per heavy atom. The SMILES string of the molecule is CN(C)c1cc(NC(=O)C2CN(C3CC(C)(C)CC(C)(C)C3)C2)c(O)c2c1C[C@H]1C[C@H]3[C@H](N(C)C)C(=O)C(C(N)=O)=C(O)[C@@]3(O)C(=O)C1=C2O. The van der Waals surface area contributed by atoms with E-state index in [1.165, 1.54) is 4.90 Å². The van der Waals surface area contributed by atoms with Crippen LogP contribution in [0.25, 0.3) is 5.76 Å². The number of carbonyl (C=O) groups excluding carboxylic acids is 4. The van der Waals surface area contributed by atoms with Gasteiger partial charge in [0, 0.05) is 50.4 Å². The van der Waals surface area contributed by atoms with E-state index in [2.05, 4.69) is 37.9 Å². The fraction of sp³-hybridized carbons (Fsp3) is 0.622. The molecule has 0 aromatic heterocycles. The lowest BCUT2D eigenvalue weighted by atomic mass is 9.57. The van der Waals surface area contributed by atoms with Gasteiger partial charge in [0.1, 0.15) is 22.8 Å². The number of fused-ring (bicyclic) bond motifs is 3. The van der Waals surface area contributed by atoms with E-state index in [1.54, 1.807) is 39.2 Å². The number of amides is 2. The summed E-state index contributed by atoms with van der Waals surface area (Å²) in [7, 11) is 6.69. The Bertz CT molecular complexity index is 1740. The summed E-state index contributed by atoms with van der Waals surface area (Å²) in [6.07, 6.45) is 3.42. The van der Waals surface area contributed by atoms with Crippen LogP contribution >= 0.6 is 0 Å². The molecule has 1 aromatic carbocycles. The predicted molar refractivity (Wildman–Crippen MR) is 187 cm³/mol. The Morgan fingerprint density at radius 2 is 1.60 bits per heavy atom. The molecule has 2 saturated carbocycles. The van der Waals surface area contributed by atoms with Gasteiger partial charge in [-0.05, 0) is 74.6 Å². The molecule has 4 atom stereocenters. The predicted octanol–water partition coefficient (Wildman–Crippen LogP) is 2.51. The van der Waals surface area contributed by atoms with Gasteiger partial charge < -0.3 is 36.4 Å². The van der Waals surface area contributed by atoms with Crippen LogP contribution in [0.1, 0.15) is 64.5 Å². The zero-order chi connectivity index (χ0) is 37.0. The number of ketones is 2. The number of phenolic OH excluding ortho intramolecular Hbond substituents is 1. The van der Waals surface area contributed by atoms with Crippen LogP contribution in [0, 0.1) is 28.6 Å². The zero-order valence-electron chi connectivity index (χ0n) is 30.3. The summed E-state index contributed by atoms with van der Waals surface area (Å²) in [5.41, 5.74) is 3.14. The van der Waals surface area contributed by atoms with Crippen LogP contribution in [-0.2, 0) is 25.6 Å². The lowest BCUT2D eigenvalue weighted by Crippen LogP contribution is -2.65. The first-order valence-electron chi connectivity index (χ1n) is 17.4. The third-order valence-electron chi connectivity index (χ3n) is 11.8. The van der Waals surface area contributed by atoms with E-state index in [-0.39, 0.29) is 52.3 Å². The van der Waals surface area contributed by atoms with E-state index in [0.717, 1.165) is 19.3 Å². The Morgan fingerprint density at radius 3 is 2.14 bits per heavy atom. The monoisotopic (exact) mass is 693 g/mol. The van der Waals surface area contributed by atoms with Gasteiger partial charge in [-0.3, -0.25) is 29.0 Å². The molecule has 3 fully saturated rings. The first kappa shape index (κ1) is 35.9. The summed E-state index contributed by atoms with van der Waals surface area (Å²) in [6, 6.07) is 0.872. The van der Waals surface area contributed by atoms with Crippen molar-refractivity contribution in [2.24, 2.45) is 34.3 Å². The number of primary amides is 1. The number of aromatic hydroxyl groups is 1. The number of likely N-dealkylation sites (N-methyl/N-ethyl adjacent to an activating group) is 1. The fourth-order valence-electron chi connectivity index (χ4n) is 10.0. The average molecular weight is 694 g/mol. The van der Waals surface area contributed by atoms with Gasteiger partial charge in [-0.1, -0.05) is 27.7 Å². The van der Waals surface area contributed by atoms with E-state index in [4.69, 9.17) is 5.73 Å². The molecule has 4 aliphatic carbocycles. The van der Waals surface area contributed by atoms with E-state index in [0.29, 0.717) is 30.4 Å². The molecular formula is C37H51N5O8. The third kappa shape index (κ3) is 5.48. The standard InChI is InChI=1S/C37H51N5O8/c1-35(2)12-19(13-36(3,4)16-35)42-14-18(15-42)34(49)39-22-11-23(40(5)6)20-9-17-10-21-27(41(7)8)30(45)26(33(38)48)32(47)37(21,50)31(46)24(17)29(44)25(20)28(22)43/h11,17-19,21,27,43-44,47,50H,9-10,12-16H2,1-8H3,(H2,38,48)(H,39,49)/t17-,21-,27-,37-/m0/s1. The first-order valence-corrected chi connectivity index (χ1v) is 17.4. The number of likely N-dealkylation sites (tertiary alicyclic amines) is 1. The molecule has 1 saturated heterocycles. The van der Waals surface area contributed by atoms with E-state index in [1.807, 2.05) is 0 Å². The number of aliphatic hydroxyl groups excluding tert-OH is 2. The highest BCUT2D eigenvalue weighted by Crippen LogP contribution is 2.55. The van der Waals surface area contributed by atoms with Crippen molar-refractivity contribution < 1.29 is 39.6 Å². The number of nitrogens with one attached hydrogen (secondary N) is 1. The minimum atomic E-state index is -2.73. The second-order valence-corrected chi connectivity index (χ2v) is 17.2. The van der Waals surface area contributed by atoms with E-state index < -0.39 is 63.8 Å². The second-order valence-electron chi connectivity index (χ2n) is 17.2. The van der Waals surface area contributed by atoms with Crippen molar-refractivity contribution in [3.63, 3.8) is 0 Å². The van der Waals surface area contributed by atoms with E-state index in [9.17, 15) is 39.6 Å². The number of Topliss-reactive ketones (excluding diaryl/α,β-unsaturated/α-hetero) is 2. The van der Waals surface area contributed by atoms with Gasteiger partial charge in [-0.2, -0.15) is 0 Å². The van der Waals surface area contributed by atoms with Crippen molar-refractivity contribution in [3.8, 4) is 5.75 Å². The van der Waals surface area contributed by atoms with Crippen LogP contribution in [0.3, 0.4) is 0 Å². The summed E-state index contributed by atoms with van der Waals surface area (Å²) in [6.45, 7) is 10.4. The molecule has 1 heterocycles. The normalized spacial score (nSPS) is 29.7. The fourth-order valence-corrected chi connectivity index (χ4v) is 10.0. The van der Waals surface area contributed by atoms with Crippen LogP contribution < -0.4 is 16.0 Å². The minimum Gasteiger partial charge on any atom is -0.508 e. The van der Waals surface area contributed by atoms with Crippen LogP contribution in [0.5, 0.6) is 5.75 Å². The largest absolute Gasteiger partial charge is 0.508 e. The Balaban J connectivity index is 1.33. The quantitative estimate of drug-likeness (QED) is 0.189. The number of benzene rings is 1. The molecular weight excluding hydrogens is 642 g/mol. The van der Waals surface area contributed by atoms with Crippen LogP contribution in [0.2, 0.25) is 0 Å². The van der Waals surface area contributed by atoms with E-state index >= 15 is 0 Å². The molecule has 5 aliphatic rings. The van der Waals surface area contributed by atoms with Gasteiger partial charge in [0.25, 0.3) is 5.91 Å². The number of carbonyl (C=O) groups is 4. The molecule has 0 unspecified atom stereocenters. The zero-order valence-corrected chi connectivity index (χ0v) is 30.3. The van der Waals surface area contributed by atoms with Crippen LogP contribution in [0.15, 0.2) is 23.0 Å². The van der Waals surface area contributed by atoms with Gasteiger partial charge in [-0.15, -0.1) is 0 Å². The van der Waals surface area contributed by atoms with Crippen LogP contribution in [-0.4, -0.2) is 113 Å². The number of hydrogen-bond acceptors (Lipinski definition) is 11. The number of nitrogens with two attached hydrogens (primary N) is 1. The molecule has 2 amide bonds. The molecule has 0 radical (unpaired) electrons. The van der Waals surface area contributed by atoms with Gasteiger partial charge in [0.05, 0.1) is 23.2 Å². The summed E-state index contributed by atoms with van der Waals surface area (Å²) >= 11 is 0. The smallest absolute Gasteiger partial charge is 0.255 e. The van der Waals surface area contributed by atoms with Crippen molar-refractivity contribution in [3.05, 3.63) is 34.1 Å². The summed E-state index contributed by atoms with van der Waals surface area (Å²) in [4.78, 5) is 59.1. The molecule has 13 heteroatoms. The molecule has 0 spiro atoms. The molecule has 7 N–H and O–H groups in total. The van der Waals surface area contributed by atoms with Crippen molar-refractivity contribution in [2.45, 2.75) is 77.5 Å². The third-order valence-corrected chi connectivity index (χ3v) is 11.8. The van der Waals surface area contributed by atoms with Crippen molar-refractivity contribution in [2.75, 3.05) is 51.5 Å². The summed E-state index contributed by atoms with van der Waals surface area (Å²) < 4.78 is 0. The number of anilines is 2. The highest BCUT2D eigenvalue weighted by Gasteiger charge is 2.64. The van der Waals surface area contributed by atoms with Gasteiger partial charge in [0.15, 0.2) is 11.4 Å². The second kappa shape index (κ2) is 11.8. The van der Waals surface area contributed by atoms with Gasteiger partial charge in [0.2, 0.25) is 11.7 Å². The number of phenols is 1. The molecule has 13 nitrogen and oxygen atoms in total. The summed E-state index contributed by atoms with van der Waals surface area (Å²) in [5, 5.41) is 49.3. The lowest BCUT2D eigenvalue weighted by Gasteiger charge is -2.52. The molecule has 1 aromatic rings.